The number of nitrogens with zero attached hydrogens (tertiary/aromatic N) is 4. The fourth-order valence-electron chi connectivity index (χ4n) is 4.37. The lowest BCUT2D eigenvalue weighted by Crippen LogP contribution is -2.43. The van der Waals surface area contributed by atoms with E-state index in [1.807, 2.05) is 0 Å². The van der Waals surface area contributed by atoms with Gasteiger partial charge in [0.15, 0.2) is 5.82 Å². The van der Waals surface area contributed by atoms with Gasteiger partial charge in [0.25, 0.3) is 0 Å². The molecule has 3 aromatic rings. The van der Waals surface area contributed by atoms with Crippen LogP contribution in [-0.2, 0) is 28.2 Å². The van der Waals surface area contributed by atoms with Crippen LogP contribution in [0.3, 0.4) is 0 Å². The number of amides is 2. The normalized spacial score (nSPS) is 15.2. The van der Waals surface area contributed by atoms with Crippen molar-refractivity contribution in [2.75, 3.05) is 11.9 Å². The Balaban J connectivity index is 1.44. The number of tetrazole rings is 1. The molecular weight excluding hydrogens is 449 g/mol. The van der Waals surface area contributed by atoms with Crippen molar-refractivity contribution in [3.63, 3.8) is 0 Å². The van der Waals surface area contributed by atoms with E-state index < -0.39 is 29.0 Å². The lowest BCUT2D eigenvalue weighted by Gasteiger charge is -2.30. The van der Waals surface area contributed by atoms with Crippen molar-refractivity contribution in [3.8, 4) is 11.4 Å². The Morgan fingerprint density at radius 1 is 1.06 bits per heavy atom. The summed E-state index contributed by atoms with van der Waals surface area (Å²) in [4.78, 5) is 25.0. The van der Waals surface area contributed by atoms with Gasteiger partial charge in [-0.25, -0.2) is 4.68 Å². The lowest BCUT2D eigenvalue weighted by atomic mass is 9.78. The zero-order valence-electron chi connectivity index (χ0n) is 18.4. The first-order valence-corrected chi connectivity index (χ1v) is 10.8. The smallest absolute Gasteiger partial charge is 0.347 e. The molecule has 2 N–H and O–H groups in total. The highest BCUT2D eigenvalue weighted by Gasteiger charge is 2.38. The summed E-state index contributed by atoms with van der Waals surface area (Å²) in [5, 5.41) is 16.4. The quantitative estimate of drug-likeness (QED) is 0.554. The summed E-state index contributed by atoms with van der Waals surface area (Å²) in [5.41, 5.74) is 0.188. The monoisotopic (exact) mass is 472 g/mol. The third kappa shape index (κ3) is 4.92. The van der Waals surface area contributed by atoms with Crippen LogP contribution >= 0.6 is 0 Å². The molecule has 0 saturated heterocycles. The molecule has 0 radical (unpaired) electrons. The molecule has 1 fully saturated rings. The third-order valence-electron chi connectivity index (χ3n) is 6.16. The van der Waals surface area contributed by atoms with Gasteiger partial charge < -0.3 is 10.6 Å². The molecule has 8 nitrogen and oxygen atoms in total. The van der Waals surface area contributed by atoms with Crippen molar-refractivity contribution in [3.05, 3.63) is 59.7 Å². The van der Waals surface area contributed by atoms with E-state index in [0.29, 0.717) is 35.5 Å². The van der Waals surface area contributed by atoms with Crippen molar-refractivity contribution in [1.82, 2.24) is 25.5 Å². The summed E-state index contributed by atoms with van der Waals surface area (Å²) in [6.07, 6.45) is -1.52. The average molecular weight is 472 g/mol. The summed E-state index contributed by atoms with van der Waals surface area (Å²) < 4.78 is 41.1. The Hall–Kier alpha value is -3.76. The van der Waals surface area contributed by atoms with Crippen molar-refractivity contribution < 1.29 is 22.8 Å². The van der Waals surface area contributed by atoms with Crippen LogP contribution in [0.5, 0.6) is 0 Å². The van der Waals surface area contributed by atoms with Crippen LogP contribution in [0.25, 0.3) is 11.4 Å². The Morgan fingerprint density at radius 3 is 2.47 bits per heavy atom. The van der Waals surface area contributed by atoms with Crippen molar-refractivity contribution in [2.24, 2.45) is 7.05 Å². The fraction of sp³-hybridized carbons (Fsp3) is 0.348. The Kier molecular flexibility index (Phi) is 6.36. The molecule has 1 aliphatic carbocycles. The molecule has 0 atom stereocenters. The van der Waals surface area contributed by atoms with Crippen LogP contribution < -0.4 is 10.6 Å². The Labute approximate surface area is 193 Å². The average Bonchev–Trinajstić information content (AvgIpc) is 3.47. The van der Waals surface area contributed by atoms with Crippen LogP contribution in [0.15, 0.2) is 48.5 Å². The molecule has 1 aliphatic rings. The maximum absolute atomic E-state index is 13.2. The molecule has 2 amide bonds. The first kappa shape index (κ1) is 23.4. The van der Waals surface area contributed by atoms with Gasteiger partial charge in [0, 0.05) is 30.3 Å². The summed E-state index contributed by atoms with van der Waals surface area (Å²) in [7, 11) is 1.68. The number of alkyl halides is 3. The first-order valence-electron chi connectivity index (χ1n) is 10.8. The number of hydrogen-bond donors (Lipinski definition) is 2. The molecule has 11 heteroatoms. The number of carbonyl (C=O) groups is 2. The van der Waals surface area contributed by atoms with Gasteiger partial charge in [0.1, 0.15) is 0 Å². The molecule has 1 saturated carbocycles. The van der Waals surface area contributed by atoms with Crippen molar-refractivity contribution >= 4 is 17.5 Å². The van der Waals surface area contributed by atoms with Crippen LogP contribution in [-0.4, -0.2) is 38.6 Å². The predicted molar refractivity (Wildman–Crippen MR) is 117 cm³/mol. The highest BCUT2D eigenvalue weighted by atomic mass is 19.4. The number of aromatic nitrogens is 4. The number of carbonyl (C=O) groups excluding carboxylic acids is 2. The Bertz CT molecular complexity index is 1200. The van der Waals surface area contributed by atoms with Gasteiger partial charge >= 0.3 is 18.0 Å². The SMILES string of the molecule is Cn1nnnc1-c1cccc(NC(=O)C(=O)NCC2(c3cccc(C(F)(F)F)c3)CCCC2)c1. The minimum absolute atomic E-state index is 0.0746. The van der Waals surface area contributed by atoms with E-state index in [-0.39, 0.29) is 6.54 Å². The molecule has 178 valence electrons. The van der Waals surface area contributed by atoms with E-state index >= 15 is 0 Å². The second-order valence-corrected chi connectivity index (χ2v) is 8.41. The second kappa shape index (κ2) is 9.24. The summed E-state index contributed by atoms with van der Waals surface area (Å²) in [5.74, 6) is -1.24. The molecular formula is C23H23F3N6O2. The third-order valence-corrected chi connectivity index (χ3v) is 6.16. The van der Waals surface area contributed by atoms with Gasteiger partial charge in [-0.1, -0.05) is 43.2 Å². The zero-order chi connectivity index (χ0) is 24.3. The highest BCUT2D eigenvalue weighted by Crippen LogP contribution is 2.42. The zero-order valence-corrected chi connectivity index (χ0v) is 18.4. The first-order chi connectivity index (χ1) is 16.2. The molecule has 34 heavy (non-hydrogen) atoms. The van der Waals surface area contributed by atoms with Gasteiger partial charge in [-0.15, -0.1) is 5.10 Å². The number of nitrogens with one attached hydrogen (secondary N) is 2. The molecule has 0 spiro atoms. The molecule has 1 aromatic heterocycles. The van der Waals surface area contributed by atoms with E-state index in [4.69, 9.17) is 0 Å². The fourth-order valence-corrected chi connectivity index (χ4v) is 4.37. The summed E-state index contributed by atoms with van der Waals surface area (Å²) in [6.45, 7) is 0.0746. The van der Waals surface area contributed by atoms with E-state index in [1.165, 1.54) is 10.7 Å². The lowest BCUT2D eigenvalue weighted by molar-refractivity contribution is -0.137. The maximum Gasteiger partial charge on any atom is 0.416 e. The molecule has 4 rings (SSSR count). The van der Waals surface area contributed by atoms with Crippen molar-refractivity contribution in [1.29, 1.82) is 0 Å². The van der Waals surface area contributed by atoms with Gasteiger partial charge in [-0.3, -0.25) is 9.59 Å². The molecule has 0 bridgehead atoms. The highest BCUT2D eigenvalue weighted by molar-refractivity contribution is 6.39. The van der Waals surface area contributed by atoms with Gasteiger partial charge in [0.05, 0.1) is 5.56 Å². The van der Waals surface area contributed by atoms with Gasteiger partial charge in [-0.2, -0.15) is 13.2 Å². The number of rotatable bonds is 5. The molecule has 0 aliphatic heterocycles. The predicted octanol–water partition coefficient (Wildman–Crippen LogP) is 3.46. The van der Waals surface area contributed by atoms with Crippen LogP contribution in [0.4, 0.5) is 18.9 Å². The number of hydrogen-bond acceptors (Lipinski definition) is 5. The van der Waals surface area contributed by atoms with Crippen molar-refractivity contribution in [2.45, 2.75) is 37.3 Å². The van der Waals surface area contributed by atoms with Gasteiger partial charge in [-0.05, 0) is 47.0 Å². The van der Waals surface area contributed by atoms with E-state index in [0.717, 1.165) is 25.0 Å². The van der Waals surface area contributed by atoms with E-state index in [1.54, 1.807) is 37.4 Å². The largest absolute Gasteiger partial charge is 0.416 e. The number of halogens is 3. The standard InChI is InChI=1S/C23H23F3N6O2/c1-32-19(29-30-31-32)15-6-4-9-18(12-15)28-21(34)20(33)27-14-22(10-2-3-11-22)16-7-5-8-17(13-16)23(24,25)26/h4-9,12-13H,2-3,10-11,14H2,1H3,(H,27,33)(H,28,34). The molecule has 1 heterocycles. The maximum atomic E-state index is 13.2. The number of benzene rings is 2. The summed E-state index contributed by atoms with van der Waals surface area (Å²) in [6, 6.07) is 11.9. The van der Waals surface area contributed by atoms with Crippen LogP contribution in [0.2, 0.25) is 0 Å². The van der Waals surface area contributed by atoms with Gasteiger partial charge in [0.2, 0.25) is 0 Å². The number of anilines is 1. The van der Waals surface area contributed by atoms with Crippen LogP contribution in [0, 0.1) is 0 Å². The van der Waals surface area contributed by atoms with E-state index in [2.05, 4.69) is 26.2 Å². The van der Waals surface area contributed by atoms with E-state index in [9.17, 15) is 22.8 Å². The molecule has 2 aromatic carbocycles. The minimum atomic E-state index is -4.45. The topological polar surface area (TPSA) is 102 Å². The minimum Gasteiger partial charge on any atom is -0.347 e. The second-order valence-electron chi connectivity index (χ2n) is 8.41. The van der Waals surface area contributed by atoms with Crippen LogP contribution in [0.1, 0.15) is 36.8 Å². The molecule has 0 unspecified atom stereocenters. The Morgan fingerprint density at radius 2 is 1.79 bits per heavy atom. The number of aryl methyl sites for hydroxylation is 1. The summed E-state index contributed by atoms with van der Waals surface area (Å²) >= 11 is 0.